The molecule has 4 nitrogen and oxygen atoms in total. The largest absolute Gasteiger partial charge is 0.326 e. The molecule has 1 amide bonds. The van der Waals surface area contributed by atoms with E-state index in [0.717, 1.165) is 24.1 Å². The summed E-state index contributed by atoms with van der Waals surface area (Å²) in [6.45, 7) is 10.4. The van der Waals surface area contributed by atoms with Crippen molar-refractivity contribution in [2.75, 3.05) is 5.32 Å². The van der Waals surface area contributed by atoms with Gasteiger partial charge in [0.1, 0.15) is 0 Å². The van der Waals surface area contributed by atoms with Gasteiger partial charge in [-0.15, -0.1) is 0 Å². The molecule has 1 aromatic carbocycles. The van der Waals surface area contributed by atoms with Crippen molar-refractivity contribution in [2.45, 2.75) is 59.4 Å². The quantitative estimate of drug-likeness (QED) is 0.666. The number of anilines is 1. The van der Waals surface area contributed by atoms with E-state index in [1.165, 1.54) is 12.5 Å². The number of nitrogens with one attached hydrogen (secondary N) is 1. The van der Waals surface area contributed by atoms with Crippen molar-refractivity contribution in [1.82, 2.24) is 9.78 Å². The Labute approximate surface area is 157 Å². The number of carbonyl (C=O) groups excluding carboxylic acids is 1. The minimum Gasteiger partial charge on any atom is -0.326 e. The summed E-state index contributed by atoms with van der Waals surface area (Å²) in [4.78, 5) is 11.3. The molecular formula is C22H31N3O. The molecule has 0 aliphatic carbocycles. The molecule has 0 bridgehead atoms. The second-order valence-electron chi connectivity index (χ2n) is 7.44. The fourth-order valence-electron chi connectivity index (χ4n) is 2.84. The number of allylic oxidation sites excluding steroid dienone is 1. The number of carbonyl (C=O) groups is 1. The molecule has 2 atom stereocenters. The first kappa shape index (κ1) is 20.0. The Morgan fingerprint density at radius 2 is 1.92 bits per heavy atom. The van der Waals surface area contributed by atoms with Gasteiger partial charge >= 0.3 is 0 Å². The third-order valence-electron chi connectivity index (χ3n) is 4.66. The lowest BCUT2D eigenvalue weighted by Gasteiger charge is -2.14. The van der Waals surface area contributed by atoms with Crippen LogP contribution in [0.25, 0.3) is 6.08 Å². The van der Waals surface area contributed by atoms with Gasteiger partial charge in [0.05, 0.1) is 6.20 Å². The maximum atomic E-state index is 11.3. The molecule has 0 fully saturated rings. The van der Waals surface area contributed by atoms with E-state index in [4.69, 9.17) is 0 Å². The van der Waals surface area contributed by atoms with Crippen LogP contribution >= 0.6 is 0 Å². The molecule has 4 heteroatoms. The maximum absolute atomic E-state index is 11.3. The van der Waals surface area contributed by atoms with Crippen LogP contribution in [0.15, 0.2) is 42.7 Å². The fourth-order valence-corrected chi connectivity index (χ4v) is 2.84. The van der Waals surface area contributed by atoms with Crippen LogP contribution in [0.5, 0.6) is 0 Å². The van der Waals surface area contributed by atoms with E-state index in [2.05, 4.69) is 61.1 Å². The Bertz CT molecular complexity index is 745. The number of amides is 1. The summed E-state index contributed by atoms with van der Waals surface area (Å²) in [5, 5.41) is 7.38. The van der Waals surface area contributed by atoms with E-state index in [-0.39, 0.29) is 5.91 Å². The number of aromatic nitrogens is 2. The number of rotatable bonds is 8. The lowest BCUT2D eigenvalue weighted by molar-refractivity contribution is -0.114. The smallest absolute Gasteiger partial charge is 0.221 e. The minimum atomic E-state index is -0.0484. The Morgan fingerprint density at radius 1 is 1.19 bits per heavy atom. The van der Waals surface area contributed by atoms with Crippen molar-refractivity contribution in [3.8, 4) is 0 Å². The van der Waals surface area contributed by atoms with Crippen molar-refractivity contribution in [2.24, 2.45) is 5.92 Å². The second kappa shape index (κ2) is 9.37. The molecule has 1 heterocycles. The molecule has 0 aliphatic heterocycles. The average Bonchev–Trinajstić information content (AvgIpc) is 3.09. The van der Waals surface area contributed by atoms with Gasteiger partial charge in [0.15, 0.2) is 0 Å². The SMILES string of the molecule is CC(=O)Nc1ccccc1/C=C/C(C)CCC(C)n1cc(C(C)C)cn1. The van der Waals surface area contributed by atoms with Crippen LogP contribution in [-0.2, 0) is 4.79 Å². The summed E-state index contributed by atoms with van der Waals surface area (Å²) in [5.41, 5.74) is 3.19. The van der Waals surface area contributed by atoms with Gasteiger partial charge < -0.3 is 5.32 Å². The normalized spacial score (nSPS) is 13.9. The number of hydrogen-bond donors (Lipinski definition) is 1. The van der Waals surface area contributed by atoms with Crippen molar-refractivity contribution in [3.05, 3.63) is 53.9 Å². The highest BCUT2D eigenvalue weighted by Crippen LogP contribution is 2.22. The molecule has 0 saturated heterocycles. The fraction of sp³-hybridized carbons (Fsp3) is 0.455. The molecule has 1 aromatic heterocycles. The van der Waals surface area contributed by atoms with Gasteiger partial charge in [0.2, 0.25) is 5.91 Å². The zero-order chi connectivity index (χ0) is 19.1. The Kier molecular flexibility index (Phi) is 7.19. The first-order valence-corrected chi connectivity index (χ1v) is 9.45. The van der Waals surface area contributed by atoms with Crippen LogP contribution < -0.4 is 5.32 Å². The van der Waals surface area contributed by atoms with Crippen LogP contribution in [0.3, 0.4) is 0 Å². The highest BCUT2D eigenvalue weighted by molar-refractivity contribution is 5.91. The van der Waals surface area contributed by atoms with Gasteiger partial charge in [-0.3, -0.25) is 9.48 Å². The highest BCUT2D eigenvalue weighted by atomic mass is 16.1. The third-order valence-corrected chi connectivity index (χ3v) is 4.66. The highest BCUT2D eigenvalue weighted by Gasteiger charge is 2.10. The number of nitrogens with zero attached hydrogens (tertiary/aromatic N) is 2. The number of hydrogen-bond acceptors (Lipinski definition) is 2. The standard InChI is InChI=1S/C22H31N3O/c1-16(2)21-14-23-25(15-21)18(4)12-10-17(3)11-13-20-8-6-7-9-22(20)24-19(5)26/h6-9,11,13-18H,10,12H2,1-5H3,(H,24,26)/b13-11+. The van der Waals surface area contributed by atoms with Crippen LogP contribution in [-0.4, -0.2) is 15.7 Å². The number of para-hydroxylation sites is 1. The van der Waals surface area contributed by atoms with Crippen molar-refractivity contribution in [3.63, 3.8) is 0 Å². The van der Waals surface area contributed by atoms with Gasteiger partial charge in [0.25, 0.3) is 0 Å². The van der Waals surface area contributed by atoms with Crippen molar-refractivity contribution >= 4 is 17.7 Å². The summed E-state index contributed by atoms with van der Waals surface area (Å²) in [5.74, 6) is 0.928. The monoisotopic (exact) mass is 353 g/mol. The maximum Gasteiger partial charge on any atom is 0.221 e. The summed E-state index contributed by atoms with van der Waals surface area (Å²) in [6.07, 6.45) is 10.6. The van der Waals surface area contributed by atoms with Gasteiger partial charge in [-0.25, -0.2) is 0 Å². The van der Waals surface area contributed by atoms with E-state index in [9.17, 15) is 4.79 Å². The molecule has 140 valence electrons. The Hall–Kier alpha value is -2.36. The molecular weight excluding hydrogens is 322 g/mol. The summed E-state index contributed by atoms with van der Waals surface area (Å²) in [7, 11) is 0. The third kappa shape index (κ3) is 5.87. The van der Waals surface area contributed by atoms with E-state index in [1.807, 2.05) is 30.5 Å². The molecule has 0 spiro atoms. The summed E-state index contributed by atoms with van der Waals surface area (Å²) in [6, 6.07) is 8.27. The molecule has 2 aromatic rings. The topological polar surface area (TPSA) is 46.9 Å². The van der Waals surface area contributed by atoms with E-state index >= 15 is 0 Å². The van der Waals surface area contributed by atoms with Gasteiger partial charge in [-0.2, -0.15) is 5.10 Å². The van der Waals surface area contributed by atoms with Crippen LogP contribution in [0, 0.1) is 5.92 Å². The van der Waals surface area contributed by atoms with Crippen molar-refractivity contribution in [1.29, 1.82) is 0 Å². The van der Waals surface area contributed by atoms with E-state index in [1.54, 1.807) is 0 Å². The zero-order valence-corrected chi connectivity index (χ0v) is 16.6. The molecule has 0 radical (unpaired) electrons. The lowest BCUT2D eigenvalue weighted by atomic mass is 10.0. The molecule has 2 unspecified atom stereocenters. The predicted molar refractivity (Wildman–Crippen MR) is 109 cm³/mol. The van der Waals surface area contributed by atoms with Crippen LogP contribution in [0.1, 0.15) is 70.5 Å². The lowest BCUT2D eigenvalue weighted by Crippen LogP contribution is -2.07. The van der Waals surface area contributed by atoms with Gasteiger partial charge in [-0.1, -0.05) is 51.1 Å². The van der Waals surface area contributed by atoms with E-state index < -0.39 is 0 Å². The predicted octanol–water partition coefficient (Wildman–Crippen LogP) is 5.66. The Morgan fingerprint density at radius 3 is 2.58 bits per heavy atom. The van der Waals surface area contributed by atoms with Gasteiger partial charge in [0, 0.05) is 24.8 Å². The second-order valence-corrected chi connectivity index (χ2v) is 7.44. The van der Waals surface area contributed by atoms with Crippen molar-refractivity contribution < 1.29 is 4.79 Å². The molecule has 26 heavy (non-hydrogen) atoms. The summed E-state index contributed by atoms with van der Waals surface area (Å²) < 4.78 is 2.08. The number of benzene rings is 1. The summed E-state index contributed by atoms with van der Waals surface area (Å²) >= 11 is 0. The van der Waals surface area contributed by atoms with Crippen LogP contribution in [0.4, 0.5) is 5.69 Å². The van der Waals surface area contributed by atoms with Crippen LogP contribution in [0.2, 0.25) is 0 Å². The molecule has 0 aliphatic rings. The van der Waals surface area contributed by atoms with E-state index in [0.29, 0.717) is 17.9 Å². The molecule has 2 rings (SSSR count). The molecule has 1 N–H and O–H groups in total. The minimum absolute atomic E-state index is 0.0484. The Balaban J connectivity index is 1.91. The first-order chi connectivity index (χ1) is 12.4. The first-order valence-electron chi connectivity index (χ1n) is 9.45. The van der Waals surface area contributed by atoms with Gasteiger partial charge in [-0.05, 0) is 48.8 Å². The average molecular weight is 354 g/mol. The zero-order valence-electron chi connectivity index (χ0n) is 16.6. The molecule has 0 saturated carbocycles.